The highest BCUT2D eigenvalue weighted by Crippen LogP contribution is 2.22. The second kappa shape index (κ2) is 7.20. The summed E-state index contributed by atoms with van der Waals surface area (Å²) in [5, 5.41) is 14.2. The van der Waals surface area contributed by atoms with E-state index in [2.05, 4.69) is 10.3 Å². The molecule has 112 valence electrons. The molecule has 0 bridgehead atoms. The third kappa shape index (κ3) is 4.78. The molecule has 0 radical (unpaired) electrons. The first kappa shape index (κ1) is 16.4. The molecule has 2 N–H and O–H groups in total. The van der Waals surface area contributed by atoms with E-state index in [0.29, 0.717) is 0 Å². The summed E-state index contributed by atoms with van der Waals surface area (Å²) < 4.78 is 4.88. The highest BCUT2D eigenvalue weighted by Gasteiger charge is 2.28. The molecule has 7 nitrogen and oxygen atoms in total. The Labute approximate surface area is 121 Å². The van der Waals surface area contributed by atoms with Crippen LogP contribution in [0, 0.1) is 0 Å². The van der Waals surface area contributed by atoms with Gasteiger partial charge in [-0.1, -0.05) is 0 Å². The summed E-state index contributed by atoms with van der Waals surface area (Å²) in [6.07, 6.45) is 1.66. The van der Waals surface area contributed by atoms with Gasteiger partial charge in [0.25, 0.3) is 0 Å². The lowest BCUT2D eigenvalue weighted by molar-refractivity contribution is -0.137. The molecule has 0 saturated carbocycles. The number of carboxylic acid groups (broad SMARTS) is 1. The summed E-state index contributed by atoms with van der Waals surface area (Å²) >= 11 is 1.43. The Bertz CT molecular complexity index is 448. The number of aromatic nitrogens is 1. The number of thiazole rings is 1. The van der Waals surface area contributed by atoms with E-state index in [1.807, 2.05) is 19.2 Å². The number of amides is 2. The number of nitrogens with zero attached hydrogens (tertiary/aromatic N) is 2. The van der Waals surface area contributed by atoms with E-state index in [4.69, 9.17) is 9.84 Å². The SMILES string of the molecule is COCCN(CC(=O)O)C(=O)NC(C)(C)c1nccs1. The normalized spacial score (nSPS) is 11.2. The molecule has 0 aliphatic carbocycles. The molecule has 0 atom stereocenters. The van der Waals surface area contributed by atoms with Gasteiger partial charge >= 0.3 is 12.0 Å². The van der Waals surface area contributed by atoms with Crippen molar-refractivity contribution in [3.05, 3.63) is 16.6 Å². The maximum Gasteiger partial charge on any atom is 0.323 e. The summed E-state index contributed by atoms with van der Waals surface area (Å²) in [4.78, 5) is 28.3. The fourth-order valence-corrected chi connectivity index (χ4v) is 2.27. The third-order valence-corrected chi connectivity index (χ3v) is 3.66. The minimum Gasteiger partial charge on any atom is -0.480 e. The maximum absolute atomic E-state index is 12.2. The Morgan fingerprint density at radius 1 is 1.55 bits per heavy atom. The largest absolute Gasteiger partial charge is 0.480 e. The number of nitrogens with one attached hydrogen (secondary N) is 1. The fourth-order valence-electron chi connectivity index (χ4n) is 1.55. The lowest BCUT2D eigenvalue weighted by atomic mass is 10.1. The molecular formula is C12H19N3O4S. The molecule has 20 heavy (non-hydrogen) atoms. The minimum absolute atomic E-state index is 0.211. The molecule has 1 aromatic heterocycles. The van der Waals surface area contributed by atoms with Crippen LogP contribution in [-0.2, 0) is 15.1 Å². The van der Waals surface area contributed by atoms with Crippen LogP contribution in [0.2, 0.25) is 0 Å². The summed E-state index contributed by atoms with van der Waals surface area (Å²) in [6, 6.07) is -0.454. The third-order valence-electron chi connectivity index (χ3n) is 2.57. The molecule has 0 unspecified atom stereocenters. The first-order chi connectivity index (χ1) is 9.36. The second-order valence-electron chi connectivity index (χ2n) is 4.70. The molecule has 0 fully saturated rings. The van der Waals surface area contributed by atoms with Crippen molar-refractivity contribution >= 4 is 23.3 Å². The van der Waals surface area contributed by atoms with Crippen molar-refractivity contribution in [2.45, 2.75) is 19.4 Å². The molecule has 1 heterocycles. The zero-order valence-electron chi connectivity index (χ0n) is 11.8. The number of carbonyl (C=O) groups excluding carboxylic acids is 1. The van der Waals surface area contributed by atoms with E-state index < -0.39 is 17.5 Å². The van der Waals surface area contributed by atoms with Crippen molar-refractivity contribution < 1.29 is 19.4 Å². The molecule has 1 aromatic rings. The van der Waals surface area contributed by atoms with Gasteiger partial charge in [0.2, 0.25) is 0 Å². The average molecular weight is 301 g/mol. The van der Waals surface area contributed by atoms with Gasteiger partial charge in [-0.2, -0.15) is 0 Å². The quantitative estimate of drug-likeness (QED) is 0.787. The van der Waals surface area contributed by atoms with E-state index in [-0.39, 0.29) is 19.7 Å². The van der Waals surface area contributed by atoms with Crippen molar-refractivity contribution in [1.29, 1.82) is 0 Å². The molecular weight excluding hydrogens is 282 g/mol. The van der Waals surface area contributed by atoms with E-state index in [0.717, 1.165) is 5.01 Å². The van der Waals surface area contributed by atoms with Crippen LogP contribution in [0.25, 0.3) is 0 Å². The number of carboxylic acids is 1. The van der Waals surface area contributed by atoms with E-state index in [1.165, 1.54) is 23.3 Å². The molecule has 0 aliphatic heterocycles. The van der Waals surface area contributed by atoms with Gasteiger partial charge in [0, 0.05) is 25.2 Å². The zero-order chi connectivity index (χ0) is 15.2. The Hall–Kier alpha value is -1.67. The first-order valence-corrected chi connectivity index (χ1v) is 6.92. The second-order valence-corrected chi connectivity index (χ2v) is 5.60. The maximum atomic E-state index is 12.2. The van der Waals surface area contributed by atoms with Gasteiger partial charge in [-0.25, -0.2) is 9.78 Å². The number of aliphatic carboxylic acids is 1. The van der Waals surface area contributed by atoms with Crippen molar-refractivity contribution in [2.24, 2.45) is 0 Å². The Kier molecular flexibility index (Phi) is 5.90. The van der Waals surface area contributed by atoms with E-state index in [1.54, 1.807) is 6.20 Å². The van der Waals surface area contributed by atoms with Gasteiger partial charge in [-0.3, -0.25) is 4.79 Å². The number of methoxy groups -OCH3 is 1. The highest BCUT2D eigenvalue weighted by molar-refractivity contribution is 7.09. The van der Waals surface area contributed by atoms with Gasteiger partial charge in [0.05, 0.1) is 12.1 Å². The van der Waals surface area contributed by atoms with Crippen molar-refractivity contribution in [1.82, 2.24) is 15.2 Å². The van der Waals surface area contributed by atoms with Crippen LogP contribution < -0.4 is 5.32 Å². The van der Waals surface area contributed by atoms with Gasteiger partial charge in [-0.15, -0.1) is 11.3 Å². The molecule has 0 aromatic carbocycles. The van der Waals surface area contributed by atoms with Crippen LogP contribution >= 0.6 is 11.3 Å². The summed E-state index contributed by atoms with van der Waals surface area (Å²) in [5.74, 6) is -1.07. The fraction of sp³-hybridized carbons (Fsp3) is 0.583. The van der Waals surface area contributed by atoms with Gasteiger partial charge in [0.15, 0.2) is 0 Å². The summed E-state index contributed by atoms with van der Waals surface area (Å²) in [5.41, 5.74) is -0.658. The van der Waals surface area contributed by atoms with Gasteiger partial charge in [0.1, 0.15) is 11.6 Å². The smallest absolute Gasteiger partial charge is 0.323 e. The number of hydrogen-bond acceptors (Lipinski definition) is 5. The predicted molar refractivity (Wildman–Crippen MR) is 74.8 cm³/mol. The average Bonchev–Trinajstić information content (AvgIpc) is 2.87. The Morgan fingerprint density at radius 3 is 2.75 bits per heavy atom. The molecule has 0 aliphatic rings. The lowest BCUT2D eigenvalue weighted by Crippen LogP contribution is -2.50. The van der Waals surface area contributed by atoms with Crippen LogP contribution in [0.3, 0.4) is 0 Å². The van der Waals surface area contributed by atoms with Crippen molar-refractivity contribution in [3.8, 4) is 0 Å². The summed E-state index contributed by atoms with van der Waals surface area (Å²) in [7, 11) is 1.50. The molecule has 8 heteroatoms. The molecule has 1 rings (SSSR count). The molecule has 0 spiro atoms. The van der Waals surface area contributed by atoms with E-state index in [9.17, 15) is 9.59 Å². The molecule has 0 saturated heterocycles. The minimum atomic E-state index is -1.07. The van der Waals surface area contributed by atoms with Crippen LogP contribution in [0.1, 0.15) is 18.9 Å². The van der Waals surface area contributed by atoms with Crippen LogP contribution in [0.5, 0.6) is 0 Å². The van der Waals surface area contributed by atoms with Crippen LogP contribution in [0.15, 0.2) is 11.6 Å². The Balaban J connectivity index is 2.71. The van der Waals surface area contributed by atoms with E-state index >= 15 is 0 Å². The first-order valence-electron chi connectivity index (χ1n) is 6.04. The predicted octanol–water partition coefficient (Wildman–Crippen LogP) is 1.12. The van der Waals surface area contributed by atoms with Crippen molar-refractivity contribution in [2.75, 3.05) is 26.8 Å². The monoisotopic (exact) mass is 301 g/mol. The molecule has 2 amide bonds. The number of hydrogen-bond donors (Lipinski definition) is 2. The standard InChI is InChI=1S/C12H19N3O4S/c1-12(2,10-13-4-7-20-10)14-11(18)15(5-6-19-3)8-9(16)17/h4,7H,5-6,8H2,1-3H3,(H,14,18)(H,16,17). The van der Waals surface area contributed by atoms with Gasteiger partial charge < -0.3 is 20.1 Å². The highest BCUT2D eigenvalue weighted by atomic mass is 32.1. The lowest BCUT2D eigenvalue weighted by Gasteiger charge is -2.28. The zero-order valence-corrected chi connectivity index (χ0v) is 12.6. The van der Waals surface area contributed by atoms with Crippen molar-refractivity contribution in [3.63, 3.8) is 0 Å². The van der Waals surface area contributed by atoms with Crippen LogP contribution in [0.4, 0.5) is 4.79 Å². The Morgan fingerprint density at radius 2 is 2.25 bits per heavy atom. The van der Waals surface area contributed by atoms with Gasteiger partial charge in [-0.05, 0) is 13.8 Å². The number of carbonyl (C=O) groups is 2. The number of ether oxygens (including phenoxy) is 1. The number of rotatable bonds is 7. The number of urea groups is 1. The topological polar surface area (TPSA) is 91.8 Å². The van der Waals surface area contributed by atoms with Crippen LogP contribution in [-0.4, -0.2) is 53.8 Å². The summed E-state index contributed by atoms with van der Waals surface area (Å²) in [6.45, 7) is 3.75.